The molecule has 1 aromatic carbocycles. The van der Waals surface area contributed by atoms with Crippen LogP contribution in [-0.4, -0.2) is 24.5 Å². The van der Waals surface area contributed by atoms with Crippen LogP contribution in [0.1, 0.15) is 10.5 Å². The van der Waals surface area contributed by atoms with Gasteiger partial charge in [-0.25, -0.2) is 18.7 Å². The Morgan fingerprint density at radius 1 is 1.29 bits per heavy atom. The molecule has 0 radical (unpaired) electrons. The zero-order valence-corrected chi connectivity index (χ0v) is 11.9. The van der Waals surface area contributed by atoms with Crippen molar-refractivity contribution in [3.8, 4) is 0 Å². The van der Waals surface area contributed by atoms with Crippen LogP contribution < -0.4 is 16.0 Å². The summed E-state index contributed by atoms with van der Waals surface area (Å²) in [4.78, 5) is 22.6. The lowest BCUT2D eigenvalue weighted by molar-refractivity contribution is 0.102. The number of nitrogens with zero attached hydrogens (tertiary/aromatic N) is 1. The number of primary sulfonamides is 1. The molecule has 21 heavy (non-hydrogen) atoms. The Labute approximate surface area is 124 Å². The molecule has 8 nitrogen and oxygen atoms in total. The molecule has 0 unspecified atom stereocenters. The summed E-state index contributed by atoms with van der Waals surface area (Å²) in [6, 6.07) is 5.97. The van der Waals surface area contributed by atoms with Gasteiger partial charge in [0.25, 0.3) is 11.5 Å². The van der Waals surface area contributed by atoms with E-state index in [-0.39, 0.29) is 21.3 Å². The zero-order chi connectivity index (χ0) is 15.6. The van der Waals surface area contributed by atoms with Gasteiger partial charge in [0.1, 0.15) is 5.69 Å². The molecule has 4 N–H and O–H groups in total. The molecule has 0 saturated heterocycles. The SMILES string of the molecule is NS(=O)(=O)c1ccc(Cl)c(NC(=O)c2ccc(=O)[nH]n2)c1. The number of nitrogens with one attached hydrogen (secondary N) is 2. The predicted molar refractivity (Wildman–Crippen MR) is 75.6 cm³/mol. The first-order chi connectivity index (χ1) is 9.77. The molecule has 0 aliphatic carbocycles. The summed E-state index contributed by atoms with van der Waals surface area (Å²) < 4.78 is 22.5. The second-order valence-corrected chi connectivity index (χ2v) is 5.92. The van der Waals surface area contributed by atoms with E-state index in [0.717, 1.165) is 12.1 Å². The smallest absolute Gasteiger partial charge is 0.276 e. The van der Waals surface area contributed by atoms with Crippen LogP contribution >= 0.6 is 11.6 Å². The van der Waals surface area contributed by atoms with Crippen LogP contribution in [0.5, 0.6) is 0 Å². The molecular formula is C11H9ClN4O4S. The van der Waals surface area contributed by atoms with Crippen molar-refractivity contribution in [1.29, 1.82) is 0 Å². The van der Waals surface area contributed by atoms with Crippen LogP contribution in [0.4, 0.5) is 5.69 Å². The number of carbonyl (C=O) groups excluding carboxylic acids is 1. The normalized spacial score (nSPS) is 11.1. The summed E-state index contributed by atoms with van der Waals surface area (Å²) in [6.45, 7) is 0. The van der Waals surface area contributed by atoms with Crippen molar-refractivity contribution in [1.82, 2.24) is 10.2 Å². The summed E-state index contributed by atoms with van der Waals surface area (Å²) in [7, 11) is -3.92. The summed E-state index contributed by atoms with van der Waals surface area (Å²) in [6.07, 6.45) is 0. The van der Waals surface area contributed by atoms with Gasteiger partial charge < -0.3 is 5.32 Å². The van der Waals surface area contributed by atoms with Crippen molar-refractivity contribution in [3.63, 3.8) is 0 Å². The van der Waals surface area contributed by atoms with Gasteiger partial charge in [-0.05, 0) is 24.3 Å². The summed E-state index contributed by atoms with van der Waals surface area (Å²) in [5, 5.41) is 13.1. The molecule has 1 amide bonds. The molecule has 0 bridgehead atoms. The molecule has 0 atom stereocenters. The second-order valence-electron chi connectivity index (χ2n) is 3.95. The Bertz CT molecular complexity index is 842. The third-order valence-corrected chi connectivity index (χ3v) is 3.67. The monoisotopic (exact) mass is 328 g/mol. The van der Waals surface area contributed by atoms with E-state index >= 15 is 0 Å². The van der Waals surface area contributed by atoms with E-state index in [0.29, 0.717) is 0 Å². The summed E-state index contributed by atoms with van der Waals surface area (Å²) >= 11 is 5.87. The number of rotatable bonds is 3. The first kappa shape index (κ1) is 15.2. The molecule has 0 aliphatic rings. The van der Waals surface area contributed by atoms with E-state index < -0.39 is 21.5 Å². The Kier molecular flexibility index (Phi) is 4.07. The minimum absolute atomic E-state index is 0.0567. The van der Waals surface area contributed by atoms with Gasteiger partial charge >= 0.3 is 0 Å². The van der Waals surface area contributed by atoms with Crippen molar-refractivity contribution in [2.75, 3.05) is 5.32 Å². The highest BCUT2D eigenvalue weighted by Gasteiger charge is 2.14. The highest BCUT2D eigenvalue weighted by molar-refractivity contribution is 7.89. The number of aromatic nitrogens is 2. The lowest BCUT2D eigenvalue weighted by Crippen LogP contribution is -2.18. The number of carbonyl (C=O) groups is 1. The third kappa shape index (κ3) is 3.66. The van der Waals surface area contributed by atoms with Crippen molar-refractivity contribution < 1.29 is 13.2 Å². The van der Waals surface area contributed by atoms with E-state index in [1.54, 1.807) is 0 Å². The van der Waals surface area contributed by atoms with E-state index in [1.165, 1.54) is 18.2 Å². The van der Waals surface area contributed by atoms with Crippen LogP contribution in [0.25, 0.3) is 0 Å². The molecule has 0 aliphatic heterocycles. The van der Waals surface area contributed by atoms with Crippen molar-refractivity contribution in [3.05, 3.63) is 51.4 Å². The van der Waals surface area contributed by atoms with Gasteiger partial charge in [-0.1, -0.05) is 11.6 Å². The number of H-pyrrole nitrogens is 1. The lowest BCUT2D eigenvalue weighted by atomic mass is 10.3. The Morgan fingerprint density at radius 2 is 2.00 bits per heavy atom. The van der Waals surface area contributed by atoms with Crippen LogP contribution in [0.3, 0.4) is 0 Å². The summed E-state index contributed by atoms with van der Waals surface area (Å²) in [5.41, 5.74) is -0.464. The average Bonchev–Trinajstić information content (AvgIpc) is 2.40. The first-order valence-corrected chi connectivity index (χ1v) is 7.39. The van der Waals surface area contributed by atoms with Crippen LogP contribution in [-0.2, 0) is 10.0 Å². The Balaban J connectivity index is 2.33. The van der Waals surface area contributed by atoms with E-state index in [4.69, 9.17) is 16.7 Å². The van der Waals surface area contributed by atoms with Gasteiger partial charge in [0.05, 0.1) is 15.6 Å². The number of hydrogen-bond acceptors (Lipinski definition) is 5. The number of halogens is 1. The topological polar surface area (TPSA) is 135 Å². The van der Waals surface area contributed by atoms with Crippen LogP contribution in [0.2, 0.25) is 5.02 Å². The van der Waals surface area contributed by atoms with E-state index in [2.05, 4.69) is 15.5 Å². The second kappa shape index (κ2) is 5.64. The van der Waals surface area contributed by atoms with Crippen molar-refractivity contribution >= 4 is 33.2 Å². The maximum atomic E-state index is 11.9. The highest BCUT2D eigenvalue weighted by Crippen LogP contribution is 2.25. The van der Waals surface area contributed by atoms with Gasteiger partial charge in [-0.2, -0.15) is 5.10 Å². The van der Waals surface area contributed by atoms with E-state index in [9.17, 15) is 18.0 Å². The van der Waals surface area contributed by atoms with Gasteiger partial charge in [-0.15, -0.1) is 0 Å². The third-order valence-electron chi connectivity index (χ3n) is 2.43. The predicted octanol–water partition coefficient (Wildman–Crippen LogP) is 0.323. The van der Waals surface area contributed by atoms with Gasteiger partial charge in [-0.3, -0.25) is 9.59 Å². The molecule has 0 saturated carbocycles. The largest absolute Gasteiger partial charge is 0.319 e. The number of aromatic amines is 1. The molecule has 2 rings (SSSR count). The minimum Gasteiger partial charge on any atom is -0.319 e. The van der Waals surface area contributed by atoms with Gasteiger partial charge in [0, 0.05) is 6.07 Å². The molecule has 1 heterocycles. The van der Waals surface area contributed by atoms with Crippen LogP contribution in [0.15, 0.2) is 40.0 Å². The molecule has 1 aromatic heterocycles. The maximum absolute atomic E-state index is 11.9. The fourth-order valence-corrected chi connectivity index (χ4v) is 2.14. The highest BCUT2D eigenvalue weighted by atomic mass is 35.5. The summed E-state index contributed by atoms with van der Waals surface area (Å²) in [5.74, 6) is -0.667. The lowest BCUT2D eigenvalue weighted by Gasteiger charge is -2.08. The number of anilines is 1. The molecule has 2 aromatic rings. The molecule has 10 heteroatoms. The average molecular weight is 329 g/mol. The number of sulfonamides is 1. The van der Waals surface area contributed by atoms with Gasteiger partial charge in [0.2, 0.25) is 10.0 Å². The van der Waals surface area contributed by atoms with Gasteiger partial charge in [0.15, 0.2) is 0 Å². The molecule has 0 spiro atoms. The standard InChI is InChI=1S/C11H9ClN4O4S/c12-7-2-1-6(21(13,19)20)5-9(7)14-11(18)8-3-4-10(17)16-15-8/h1-5H,(H,14,18)(H,16,17)(H2,13,19,20). The number of benzene rings is 1. The molecule has 0 fully saturated rings. The maximum Gasteiger partial charge on any atom is 0.276 e. The minimum atomic E-state index is -3.92. The fraction of sp³-hybridized carbons (Fsp3) is 0. The Morgan fingerprint density at radius 3 is 2.57 bits per heavy atom. The van der Waals surface area contributed by atoms with E-state index in [1.807, 2.05) is 0 Å². The quantitative estimate of drug-likeness (QED) is 0.745. The van der Waals surface area contributed by atoms with Crippen LogP contribution in [0, 0.1) is 0 Å². The Hall–Kier alpha value is -2.23. The molecule has 110 valence electrons. The fourth-order valence-electron chi connectivity index (χ4n) is 1.43. The number of hydrogen-bond donors (Lipinski definition) is 3. The van der Waals surface area contributed by atoms with Crippen molar-refractivity contribution in [2.45, 2.75) is 4.90 Å². The van der Waals surface area contributed by atoms with Crippen molar-refractivity contribution in [2.24, 2.45) is 5.14 Å². The zero-order valence-electron chi connectivity index (χ0n) is 10.3. The first-order valence-electron chi connectivity index (χ1n) is 5.47. The molecular weight excluding hydrogens is 320 g/mol. The number of nitrogens with two attached hydrogens (primary N) is 1. The number of amides is 1.